The zero-order valence-electron chi connectivity index (χ0n) is 16.5. The Morgan fingerprint density at radius 1 is 1.17 bits per heavy atom. The Kier molecular flexibility index (Phi) is 6.31. The molecule has 0 spiro atoms. The molecule has 0 unspecified atom stereocenters. The van der Waals surface area contributed by atoms with Gasteiger partial charge in [0.2, 0.25) is 0 Å². The first-order valence-electron chi connectivity index (χ1n) is 9.81. The number of rotatable bonds is 7. The van der Waals surface area contributed by atoms with Crippen molar-refractivity contribution in [1.82, 2.24) is 25.0 Å². The van der Waals surface area contributed by atoms with Crippen LogP contribution in [0.2, 0.25) is 0 Å². The molecule has 2 aromatic heterocycles. The number of fused-ring (bicyclic) bond motifs is 1. The zero-order chi connectivity index (χ0) is 20.1. The van der Waals surface area contributed by atoms with Crippen molar-refractivity contribution in [2.24, 2.45) is 0 Å². The molecule has 1 N–H and O–H groups in total. The lowest BCUT2D eigenvalue weighted by molar-refractivity contribution is 0.0926. The Hall–Kier alpha value is -2.58. The van der Waals surface area contributed by atoms with Crippen molar-refractivity contribution in [3.8, 4) is 0 Å². The van der Waals surface area contributed by atoms with E-state index in [1.807, 2.05) is 0 Å². The van der Waals surface area contributed by atoms with E-state index in [1.54, 1.807) is 23.9 Å². The topological polar surface area (TPSA) is 76.2 Å². The predicted molar refractivity (Wildman–Crippen MR) is 112 cm³/mol. The second-order valence-electron chi connectivity index (χ2n) is 7.04. The maximum absolute atomic E-state index is 12.0. The van der Waals surface area contributed by atoms with Gasteiger partial charge in [-0.3, -0.25) is 9.69 Å². The summed E-state index contributed by atoms with van der Waals surface area (Å²) in [6.45, 7) is 4.25. The van der Waals surface area contributed by atoms with Gasteiger partial charge in [0.05, 0.1) is 6.26 Å². The van der Waals surface area contributed by atoms with Crippen LogP contribution in [0.15, 0.2) is 52.0 Å². The number of furan rings is 1. The number of aromatic nitrogens is 3. The van der Waals surface area contributed by atoms with Gasteiger partial charge in [0, 0.05) is 50.5 Å². The molecule has 7 nitrogen and oxygen atoms in total. The van der Waals surface area contributed by atoms with Gasteiger partial charge in [0.25, 0.3) is 5.91 Å². The van der Waals surface area contributed by atoms with E-state index in [1.165, 1.54) is 16.7 Å². The first kappa shape index (κ1) is 19.7. The van der Waals surface area contributed by atoms with Gasteiger partial charge in [-0.2, -0.15) is 0 Å². The third kappa shape index (κ3) is 4.89. The number of amides is 1. The molecule has 0 radical (unpaired) electrons. The quantitative estimate of drug-likeness (QED) is 0.603. The van der Waals surface area contributed by atoms with E-state index < -0.39 is 0 Å². The van der Waals surface area contributed by atoms with Gasteiger partial charge < -0.3 is 14.3 Å². The van der Waals surface area contributed by atoms with E-state index in [2.05, 4.69) is 55.5 Å². The number of carbonyl (C=O) groups is 1. The summed E-state index contributed by atoms with van der Waals surface area (Å²) in [4.78, 5) is 15.7. The van der Waals surface area contributed by atoms with Crippen molar-refractivity contribution in [3.05, 3.63) is 65.6 Å². The predicted octanol–water partition coefficient (Wildman–Crippen LogP) is 2.62. The van der Waals surface area contributed by atoms with E-state index in [0.717, 1.165) is 44.2 Å². The van der Waals surface area contributed by atoms with Crippen LogP contribution in [-0.4, -0.2) is 51.5 Å². The summed E-state index contributed by atoms with van der Waals surface area (Å²) in [5.41, 5.74) is 1.33. The Morgan fingerprint density at radius 2 is 2.03 bits per heavy atom. The summed E-state index contributed by atoms with van der Waals surface area (Å²) in [5, 5.41) is 11.6. The molecule has 3 heterocycles. The van der Waals surface area contributed by atoms with Gasteiger partial charge in [0.15, 0.2) is 5.76 Å². The van der Waals surface area contributed by atoms with Crippen molar-refractivity contribution >= 4 is 17.7 Å². The van der Waals surface area contributed by atoms with Crippen LogP contribution in [0.1, 0.15) is 27.8 Å². The van der Waals surface area contributed by atoms with Gasteiger partial charge in [-0.1, -0.05) is 12.1 Å². The molecule has 0 bridgehead atoms. The number of carbonyl (C=O) groups excluding carboxylic acids is 1. The van der Waals surface area contributed by atoms with Crippen LogP contribution >= 0.6 is 11.8 Å². The monoisotopic (exact) mass is 411 g/mol. The molecular weight excluding hydrogens is 386 g/mol. The second kappa shape index (κ2) is 9.28. The fourth-order valence-electron chi connectivity index (χ4n) is 3.54. The Labute approximate surface area is 174 Å². The average Bonchev–Trinajstić information content (AvgIpc) is 3.37. The lowest BCUT2D eigenvalue weighted by atomic mass is 10.2. The Bertz CT molecular complexity index is 937. The average molecular weight is 412 g/mol. The fourth-order valence-corrected chi connectivity index (χ4v) is 3.95. The number of thioether (sulfide) groups is 1. The van der Waals surface area contributed by atoms with Gasteiger partial charge in [-0.25, -0.2) is 0 Å². The third-order valence-corrected chi connectivity index (χ3v) is 5.88. The lowest BCUT2D eigenvalue weighted by Gasteiger charge is -2.19. The molecule has 8 heteroatoms. The molecule has 152 valence electrons. The highest BCUT2D eigenvalue weighted by atomic mass is 32.2. The highest BCUT2D eigenvalue weighted by Gasteiger charge is 2.19. The molecule has 29 heavy (non-hydrogen) atoms. The molecule has 4 rings (SSSR count). The minimum atomic E-state index is -0.204. The molecular formula is C21H25N5O2S. The third-order valence-electron chi connectivity index (χ3n) is 5.14. The zero-order valence-corrected chi connectivity index (χ0v) is 17.3. The van der Waals surface area contributed by atoms with E-state index >= 15 is 0 Å². The van der Waals surface area contributed by atoms with Crippen LogP contribution in [0.5, 0.6) is 0 Å². The van der Waals surface area contributed by atoms with Crippen LogP contribution < -0.4 is 5.32 Å². The summed E-state index contributed by atoms with van der Waals surface area (Å²) >= 11 is 1.76. The summed E-state index contributed by atoms with van der Waals surface area (Å²) in [7, 11) is 0. The van der Waals surface area contributed by atoms with E-state index in [0.29, 0.717) is 18.7 Å². The minimum Gasteiger partial charge on any atom is -0.459 e. The van der Waals surface area contributed by atoms with Crippen molar-refractivity contribution in [3.63, 3.8) is 0 Å². The maximum atomic E-state index is 12.0. The van der Waals surface area contributed by atoms with Crippen molar-refractivity contribution in [2.75, 3.05) is 25.9 Å². The van der Waals surface area contributed by atoms with Crippen molar-refractivity contribution < 1.29 is 9.21 Å². The molecule has 1 aliphatic rings. The molecule has 3 aromatic rings. The highest BCUT2D eigenvalue weighted by Crippen LogP contribution is 2.17. The van der Waals surface area contributed by atoms with Gasteiger partial charge >= 0.3 is 0 Å². The SMILES string of the molecule is CSc1ccc(CN2CCc3nnc(CCNC(=O)c4ccco4)n3CC2)cc1. The second-order valence-corrected chi connectivity index (χ2v) is 7.92. The van der Waals surface area contributed by atoms with Gasteiger partial charge in [-0.15, -0.1) is 22.0 Å². The summed E-state index contributed by atoms with van der Waals surface area (Å²) < 4.78 is 7.32. The Balaban J connectivity index is 1.31. The number of benzene rings is 1. The van der Waals surface area contributed by atoms with E-state index in [-0.39, 0.29) is 5.91 Å². The van der Waals surface area contributed by atoms with Crippen LogP contribution in [0.3, 0.4) is 0 Å². The number of nitrogens with zero attached hydrogens (tertiary/aromatic N) is 4. The Morgan fingerprint density at radius 3 is 2.79 bits per heavy atom. The van der Waals surface area contributed by atoms with Crippen LogP contribution in [0.4, 0.5) is 0 Å². The first-order valence-corrected chi connectivity index (χ1v) is 11.0. The molecule has 0 aliphatic carbocycles. The minimum absolute atomic E-state index is 0.204. The normalized spacial score (nSPS) is 14.4. The highest BCUT2D eigenvalue weighted by molar-refractivity contribution is 7.98. The number of hydrogen-bond acceptors (Lipinski definition) is 6. The van der Waals surface area contributed by atoms with Crippen molar-refractivity contribution in [2.45, 2.75) is 30.8 Å². The largest absolute Gasteiger partial charge is 0.459 e. The fraction of sp³-hybridized carbons (Fsp3) is 0.381. The molecule has 0 saturated carbocycles. The van der Waals surface area contributed by atoms with Crippen LogP contribution in [-0.2, 0) is 25.9 Å². The summed E-state index contributed by atoms with van der Waals surface area (Å²) in [5.74, 6) is 2.07. The number of nitrogens with one attached hydrogen (secondary N) is 1. The molecule has 0 fully saturated rings. The molecule has 0 atom stereocenters. The standard InChI is InChI=1S/C21H25N5O2S/c1-29-17-6-4-16(5-7-17)15-25-11-9-20-24-23-19(26(20)13-12-25)8-10-22-21(27)18-3-2-14-28-18/h2-7,14H,8-13,15H2,1H3,(H,22,27). The van der Waals surface area contributed by atoms with E-state index in [9.17, 15) is 4.79 Å². The van der Waals surface area contributed by atoms with Crippen molar-refractivity contribution in [1.29, 1.82) is 0 Å². The molecule has 1 aromatic carbocycles. The van der Waals surface area contributed by atoms with E-state index in [4.69, 9.17) is 4.42 Å². The summed E-state index contributed by atoms with van der Waals surface area (Å²) in [6, 6.07) is 12.1. The van der Waals surface area contributed by atoms with Gasteiger partial charge in [-0.05, 0) is 36.1 Å². The number of hydrogen-bond donors (Lipinski definition) is 1. The molecule has 1 amide bonds. The maximum Gasteiger partial charge on any atom is 0.286 e. The van der Waals surface area contributed by atoms with Crippen LogP contribution in [0.25, 0.3) is 0 Å². The smallest absolute Gasteiger partial charge is 0.286 e. The summed E-state index contributed by atoms with van der Waals surface area (Å²) in [6.07, 6.45) is 5.12. The lowest BCUT2D eigenvalue weighted by Crippen LogP contribution is -2.28. The van der Waals surface area contributed by atoms with Crippen LogP contribution in [0, 0.1) is 0 Å². The van der Waals surface area contributed by atoms with Gasteiger partial charge in [0.1, 0.15) is 11.6 Å². The first-order chi connectivity index (χ1) is 14.2. The molecule has 0 saturated heterocycles. The molecule has 1 aliphatic heterocycles.